The van der Waals surface area contributed by atoms with Gasteiger partial charge in [-0.2, -0.15) is 0 Å². The van der Waals surface area contributed by atoms with E-state index in [1.54, 1.807) is 6.92 Å². The molecule has 100 valence electrons. The molecule has 2 aromatic rings. The molecule has 4 nitrogen and oxygen atoms in total. The minimum atomic E-state index is -0.103. The lowest BCUT2D eigenvalue weighted by Crippen LogP contribution is -2.09. The summed E-state index contributed by atoms with van der Waals surface area (Å²) in [5.74, 6) is 0.965. The molecule has 0 unspecified atom stereocenters. The molecule has 1 aromatic carbocycles. The highest BCUT2D eigenvalue weighted by molar-refractivity contribution is 8.00. The summed E-state index contributed by atoms with van der Waals surface area (Å²) in [5, 5.41) is 9.05. The quantitative estimate of drug-likeness (QED) is 0.805. The van der Waals surface area contributed by atoms with Gasteiger partial charge in [-0.1, -0.05) is 35.5 Å². The molecule has 19 heavy (non-hydrogen) atoms. The van der Waals surface area contributed by atoms with E-state index < -0.39 is 0 Å². The number of aryl methyl sites for hydroxylation is 1. The molecule has 1 heterocycles. The molecule has 0 saturated carbocycles. The molecule has 0 saturated heterocycles. The maximum absolute atomic E-state index is 11.3. The Morgan fingerprint density at radius 3 is 2.74 bits per heavy atom. The van der Waals surface area contributed by atoms with Crippen molar-refractivity contribution in [3.05, 3.63) is 29.8 Å². The monoisotopic (exact) mass is 275 g/mol. The van der Waals surface area contributed by atoms with E-state index in [9.17, 15) is 4.79 Å². The molecule has 0 amide bonds. The second-order valence-electron chi connectivity index (χ2n) is 4.61. The lowest BCUT2D eigenvalue weighted by Gasteiger charge is -2.07. The SMILES string of the molecule is CC(=O)[C@@H](C)Sc1nnc(-c2cccc(C)c2)n1C. The third kappa shape index (κ3) is 3.04. The van der Waals surface area contributed by atoms with Crippen LogP contribution in [-0.2, 0) is 11.8 Å². The number of carbonyl (C=O) groups excluding carboxylic acids is 1. The number of nitrogens with zero attached hydrogens (tertiary/aromatic N) is 3. The third-order valence-corrected chi connectivity index (χ3v) is 4.22. The number of Topliss-reactive ketones (excluding diaryl/α,β-unsaturated/α-hetero) is 1. The van der Waals surface area contributed by atoms with Crippen LogP contribution in [0.3, 0.4) is 0 Å². The van der Waals surface area contributed by atoms with Crippen molar-refractivity contribution in [2.24, 2.45) is 7.05 Å². The highest BCUT2D eigenvalue weighted by Gasteiger charge is 2.16. The molecule has 0 radical (unpaired) electrons. The fourth-order valence-corrected chi connectivity index (χ4v) is 2.51. The van der Waals surface area contributed by atoms with Crippen LogP contribution in [0.5, 0.6) is 0 Å². The lowest BCUT2D eigenvalue weighted by atomic mass is 10.1. The van der Waals surface area contributed by atoms with Gasteiger partial charge in [0.1, 0.15) is 5.78 Å². The Kier molecular flexibility index (Phi) is 4.04. The first-order valence-electron chi connectivity index (χ1n) is 6.12. The normalized spacial score (nSPS) is 12.4. The first-order valence-corrected chi connectivity index (χ1v) is 7.00. The standard InChI is InChI=1S/C14H17N3OS/c1-9-6-5-7-12(8-9)13-15-16-14(17(13)4)19-11(3)10(2)18/h5-8,11H,1-4H3/t11-/m1/s1. The predicted molar refractivity (Wildman–Crippen MR) is 77.2 cm³/mol. The van der Waals surface area contributed by atoms with E-state index in [0.717, 1.165) is 16.5 Å². The van der Waals surface area contributed by atoms with Crippen LogP contribution >= 0.6 is 11.8 Å². The van der Waals surface area contributed by atoms with Gasteiger partial charge >= 0.3 is 0 Å². The number of ketones is 1. The molecule has 0 aliphatic rings. The minimum Gasteiger partial charge on any atom is -0.305 e. The van der Waals surface area contributed by atoms with Crippen molar-refractivity contribution in [1.29, 1.82) is 0 Å². The van der Waals surface area contributed by atoms with Crippen LogP contribution in [0.25, 0.3) is 11.4 Å². The summed E-state index contributed by atoms with van der Waals surface area (Å²) in [7, 11) is 1.92. The van der Waals surface area contributed by atoms with E-state index in [1.165, 1.54) is 17.3 Å². The maximum Gasteiger partial charge on any atom is 0.191 e. The first kappa shape index (κ1) is 13.8. The van der Waals surface area contributed by atoms with Gasteiger partial charge in [0, 0.05) is 12.6 Å². The van der Waals surface area contributed by atoms with Crippen LogP contribution in [0.2, 0.25) is 0 Å². The first-order chi connectivity index (χ1) is 8.99. The predicted octanol–water partition coefficient (Wildman–Crippen LogP) is 2.86. The summed E-state index contributed by atoms with van der Waals surface area (Å²) >= 11 is 1.44. The summed E-state index contributed by atoms with van der Waals surface area (Å²) in [4.78, 5) is 11.3. The van der Waals surface area contributed by atoms with Gasteiger partial charge in [0.15, 0.2) is 11.0 Å². The summed E-state index contributed by atoms with van der Waals surface area (Å²) in [5.41, 5.74) is 2.23. The van der Waals surface area contributed by atoms with E-state index in [1.807, 2.05) is 43.7 Å². The number of thioether (sulfide) groups is 1. The van der Waals surface area contributed by atoms with E-state index >= 15 is 0 Å². The fourth-order valence-electron chi connectivity index (χ4n) is 1.69. The van der Waals surface area contributed by atoms with Crippen molar-refractivity contribution in [2.75, 3.05) is 0 Å². The van der Waals surface area contributed by atoms with Gasteiger partial charge in [-0.3, -0.25) is 4.79 Å². The van der Waals surface area contributed by atoms with Gasteiger partial charge in [0.05, 0.1) is 5.25 Å². The van der Waals surface area contributed by atoms with Gasteiger partial charge in [0.25, 0.3) is 0 Å². The smallest absolute Gasteiger partial charge is 0.191 e. The average Bonchev–Trinajstić information content (AvgIpc) is 2.71. The number of rotatable bonds is 4. The van der Waals surface area contributed by atoms with Crippen molar-refractivity contribution in [2.45, 2.75) is 31.2 Å². The summed E-state index contributed by atoms with van der Waals surface area (Å²) in [6.07, 6.45) is 0. The number of benzene rings is 1. The van der Waals surface area contributed by atoms with Gasteiger partial charge in [-0.25, -0.2) is 0 Å². The van der Waals surface area contributed by atoms with Crippen molar-refractivity contribution in [1.82, 2.24) is 14.8 Å². The molecule has 0 fully saturated rings. The number of hydrogen-bond acceptors (Lipinski definition) is 4. The molecule has 0 aliphatic carbocycles. The highest BCUT2D eigenvalue weighted by atomic mass is 32.2. The van der Waals surface area contributed by atoms with Crippen LogP contribution in [-0.4, -0.2) is 25.8 Å². The molecule has 5 heteroatoms. The Labute approximate surface area is 117 Å². The van der Waals surface area contributed by atoms with E-state index in [2.05, 4.69) is 16.3 Å². The zero-order valence-corrected chi connectivity index (χ0v) is 12.4. The van der Waals surface area contributed by atoms with Gasteiger partial charge in [0.2, 0.25) is 0 Å². The molecule has 2 rings (SSSR count). The Hall–Kier alpha value is -1.62. The minimum absolute atomic E-state index is 0.103. The molecular weight excluding hydrogens is 258 g/mol. The molecule has 1 aromatic heterocycles. The third-order valence-electron chi connectivity index (χ3n) is 2.97. The van der Waals surface area contributed by atoms with Crippen LogP contribution in [0.15, 0.2) is 29.4 Å². The molecule has 0 bridgehead atoms. The summed E-state index contributed by atoms with van der Waals surface area (Å²) < 4.78 is 1.93. The van der Waals surface area contributed by atoms with Crippen LogP contribution in [0, 0.1) is 6.92 Å². The molecule has 0 aliphatic heterocycles. The van der Waals surface area contributed by atoms with Crippen LogP contribution in [0.4, 0.5) is 0 Å². The van der Waals surface area contributed by atoms with Crippen molar-refractivity contribution in [3.63, 3.8) is 0 Å². The van der Waals surface area contributed by atoms with Crippen molar-refractivity contribution >= 4 is 17.5 Å². The zero-order chi connectivity index (χ0) is 14.0. The molecule has 0 N–H and O–H groups in total. The highest BCUT2D eigenvalue weighted by Crippen LogP contribution is 2.26. The number of aromatic nitrogens is 3. The van der Waals surface area contributed by atoms with E-state index in [0.29, 0.717) is 0 Å². The van der Waals surface area contributed by atoms with Crippen molar-refractivity contribution < 1.29 is 4.79 Å². The summed E-state index contributed by atoms with van der Waals surface area (Å²) in [6.45, 7) is 5.52. The Balaban J connectivity index is 2.30. The number of hydrogen-bond donors (Lipinski definition) is 0. The Bertz CT molecular complexity index is 606. The molecule has 0 spiro atoms. The van der Waals surface area contributed by atoms with Crippen LogP contribution < -0.4 is 0 Å². The second kappa shape index (κ2) is 5.57. The maximum atomic E-state index is 11.3. The van der Waals surface area contributed by atoms with Gasteiger partial charge < -0.3 is 4.57 Å². The zero-order valence-electron chi connectivity index (χ0n) is 11.5. The second-order valence-corrected chi connectivity index (χ2v) is 5.91. The van der Waals surface area contributed by atoms with Crippen molar-refractivity contribution in [3.8, 4) is 11.4 Å². The lowest BCUT2D eigenvalue weighted by molar-refractivity contribution is -0.116. The van der Waals surface area contributed by atoms with Gasteiger partial charge in [-0.05, 0) is 26.8 Å². The number of carbonyl (C=O) groups is 1. The molecular formula is C14H17N3OS. The largest absolute Gasteiger partial charge is 0.305 e. The van der Waals surface area contributed by atoms with Crippen LogP contribution in [0.1, 0.15) is 19.4 Å². The van der Waals surface area contributed by atoms with Gasteiger partial charge in [-0.15, -0.1) is 10.2 Å². The fraction of sp³-hybridized carbons (Fsp3) is 0.357. The average molecular weight is 275 g/mol. The Morgan fingerprint density at radius 1 is 1.37 bits per heavy atom. The Morgan fingerprint density at radius 2 is 2.11 bits per heavy atom. The molecule has 1 atom stereocenters. The topological polar surface area (TPSA) is 47.8 Å². The summed E-state index contributed by atoms with van der Waals surface area (Å²) in [6, 6.07) is 8.14. The van der Waals surface area contributed by atoms with E-state index in [-0.39, 0.29) is 11.0 Å². The van der Waals surface area contributed by atoms with E-state index in [4.69, 9.17) is 0 Å².